The van der Waals surface area contributed by atoms with Gasteiger partial charge < -0.3 is 19.5 Å². The van der Waals surface area contributed by atoms with Crippen molar-refractivity contribution >= 4 is 5.69 Å². The Morgan fingerprint density at radius 2 is 2.06 bits per heavy atom. The molecule has 0 radical (unpaired) electrons. The quantitative estimate of drug-likeness (QED) is 0.873. The van der Waals surface area contributed by atoms with Crippen LogP contribution in [0.15, 0.2) is 18.2 Å². The number of ether oxygens (including phenoxy) is 3. The molecular weight excluding hydrogens is 230 g/mol. The van der Waals surface area contributed by atoms with Gasteiger partial charge in [-0.1, -0.05) is 6.92 Å². The largest absolute Gasteiger partial charge is 0.490 e. The third-order valence-corrected chi connectivity index (χ3v) is 2.98. The molecule has 0 saturated heterocycles. The van der Waals surface area contributed by atoms with Gasteiger partial charge in [-0.3, -0.25) is 0 Å². The lowest BCUT2D eigenvalue weighted by Gasteiger charge is -2.18. The minimum Gasteiger partial charge on any atom is -0.490 e. The molecule has 0 bridgehead atoms. The van der Waals surface area contributed by atoms with Crippen LogP contribution in [0.2, 0.25) is 0 Å². The molecule has 1 unspecified atom stereocenters. The number of rotatable bonds is 5. The van der Waals surface area contributed by atoms with Gasteiger partial charge in [0.25, 0.3) is 0 Å². The number of benzene rings is 1. The highest BCUT2D eigenvalue weighted by Gasteiger charge is 2.12. The van der Waals surface area contributed by atoms with Crippen molar-refractivity contribution in [3.63, 3.8) is 0 Å². The molecule has 4 heteroatoms. The summed E-state index contributed by atoms with van der Waals surface area (Å²) in [5, 5.41) is 3.44. The zero-order valence-electron chi connectivity index (χ0n) is 11.1. The Hall–Kier alpha value is -1.42. The van der Waals surface area contributed by atoms with E-state index >= 15 is 0 Å². The summed E-state index contributed by atoms with van der Waals surface area (Å²) in [6, 6.07) is 6.30. The van der Waals surface area contributed by atoms with Crippen molar-refractivity contribution in [1.29, 1.82) is 0 Å². The van der Waals surface area contributed by atoms with Crippen molar-refractivity contribution in [2.45, 2.75) is 25.8 Å². The van der Waals surface area contributed by atoms with E-state index < -0.39 is 0 Å². The summed E-state index contributed by atoms with van der Waals surface area (Å²) in [5.74, 6) is 1.66. The van der Waals surface area contributed by atoms with E-state index in [9.17, 15) is 0 Å². The van der Waals surface area contributed by atoms with Gasteiger partial charge in [-0.05, 0) is 18.6 Å². The van der Waals surface area contributed by atoms with Crippen LogP contribution in [0.1, 0.15) is 19.8 Å². The number of hydrogen-bond donors (Lipinski definition) is 1. The fourth-order valence-corrected chi connectivity index (χ4v) is 1.95. The molecule has 0 spiro atoms. The molecule has 100 valence electrons. The molecule has 2 rings (SSSR count). The second-order valence-electron chi connectivity index (χ2n) is 4.42. The third-order valence-electron chi connectivity index (χ3n) is 2.98. The molecule has 1 atom stereocenters. The van der Waals surface area contributed by atoms with Crippen molar-refractivity contribution < 1.29 is 14.2 Å². The van der Waals surface area contributed by atoms with Gasteiger partial charge in [-0.2, -0.15) is 0 Å². The van der Waals surface area contributed by atoms with Crippen LogP contribution in [0.4, 0.5) is 5.69 Å². The van der Waals surface area contributed by atoms with Crippen LogP contribution in [-0.4, -0.2) is 33.0 Å². The summed E-state index contributed by atoms with van der Waals surface area (Å²) in [6.45, 7) is 4.28. The van der Waals surface area contributed by atoms with Crippen LogP contribution < -0.4 is 14.8 Å². The number of fused-ring (bicyclic) bond motifs is 1. The Kier molecular flexibility index (Phi) is 4.70. The molecule has 1 aromatic carbocycles. The Morgan fingerprint density at radius 1 is 1.28 bits per heavy atom. The van der Waals surface area contributed by atoms with E-state index in [1.54, 1.807) is 7.11 Å². The van der Waals surface area contributed by atoms with Crippen LogP contribution in [-0.2, 0) is 4.74 Å². The van der Waals surface area contributed by atoms with E-state index in [4.69, 9.17) is 14.2 Å². The second-order valence-corrected chi connectivity index (χ2v) is 4.42. The Balaban J connectivity index is 2.07. The fourth-order valence-electron chi connectivity index (χ4n) is 1.95. The van der Waals surface area contributed by atoms with Gasteiger partial charge in [0.1, 0.15) is 0 Å². The molecular formula is C14H21NO3. The van der Waals surface area contributed by atoms with E-state index in [1.807, 2.05) is 18.2 Å². The molecule has 0 saturated carbocycles. The van der Waals surface area contributed by atoms with E-state index in [-0.39, 0.29) is 0 Å². The Labute approximate surface area is 108 Å². The molecule has 0 fully saturated rings. The summed E-state index contributed by atoms with van der Waals surface area (Å²) in [7, 11) is 1.72. The highest BCUT2D eigenvalue weighted by molar-refractivity contribution is 5.55. The molecule has 0 aromatic heterocycles. The van der Waals surface area contributed by atoms with Gasteiger partial charge in [0.2, 0.25) is 0 Å². The lowest BCUT2D eigenvalue weighted by Crippen LogP contribution is -2.23. The van der Waals surface area contributed by atoms with E-state index in [0.717, 1.165) is 36.6 Å². The highest BCUT2D eigenvalue weighted by Crippen LogP contribution is 2.32. The zero-order chi connectivity index (χ0) is 12.8. The first-order valence-electron chi connectivity index (χ1n) is 6.48. The third kappa shape index (κ3) is 3.29. The first-order chi connectivity index (χ1) is 8.83. The van der Waals surface area contributed by atoms with Crippen LogP contribution in [0.5, 0.6) is 11.5 Å². The monoisotopic (exact) mass is 251 g/mol. The lowest BCUT2D eigenvalue weighted by atomic mass is 10.2. The SMILES string of the molecule is CCC(COC)Nc1ccc2c(c1)OCCCO2. The molecule has 18 heavy (non-hydrogen) atoms. The zero-order valence-corrected chi connectivity index (χ0v) is 11.1. The van der Waals surface area contributed by atoms with E-state index in [1.165, 1.54) is 0 Å². The number of nitrogens with one attached hydrogen (secondary N) is 1. The first kappa shape index (κ1) is 13.0. The summed E-state index contributed by atoms with van der Waals surface area (Å²) >= 11 is 0. The predicted octanol–water partition coefficient (Wildman–Crippen LogP) is 2.68. The second kappa shape index (κ2) is 6.50. The highest BCUT2D eigenvalue weighted by atomic mass is 16.5. The van der Waals surface area contributed by atoms with E-state index in [0.29, 0.717) is 19.3 Å². The lowest BCUT2D eigenvalue weighted by molar-refractivity contribution is 0.184. The van der Waals surface area contributed by atoms with Crippen LogP contribution >= 0.6 is 0 Å². The Morgan fingerprint density at radius 3 is 2.78 bits per heavy atom. The topological polar surface area (TPSA) is 39.7 Å². The minimum atomic E-state index is 0.319. The number of anilines is 1. The molecule has 1 aliphatic heterocycles. The van der Waals surface area contributed by atoms with Gasteiger partial charge in [0.05, 0.1) is 19.8 Å². The van der Waals surface area contributed by atoms with Crippen LogP contribution in [0, 0.1) is 0 Å². The average Bonchev–Trinajstić information content (AvgIpc) is 2.63. The molecule has 4 nitrogen and oxygen atoms in total. The van der Waals surface area contributed by atoms with E-state index in [2.05, 4.69) is 12.2 Å². The van der Waals surface area contributed by atoms with Gasteiger partial charge in [-0.15, -0.1) is 0 Å². The van der Waals surface area contributed by atoms with Crippen molar-refractivity contribution in [2.24, 2.45) is 0 Å². The standard InChI is InChI=1S/C14H21NO3/c1-3-11(10-16-2)15-12-5-6-13-14(9-12)18-8-4-7-17-13/h5-6,9,11,15H,3-4,7-8,10H2,1-2H3. The van der Waals surface area contributed by atoms with Crippen molar-refractivity contribution in [1.82, 2.24) is 0 Å². The maximum absolute atomic E-state index is 5.67. The maximum Gasteiger partial charge on any atom is 0.163 e. The Bertz CT molecular complexity index is 381. The molecule has 0 amide bonds. The van der Waals surface area contributed by atoms with Gasteiger partial charge in [0.15, 0.2) is 11.5 Å². The van der Waals surface area contributed by atoms with Gasteiger partial charge in [-0.25, -0.2) is 0 Å². The first-order valence-corrected chi connectivity index (χ1v) is 6.48. The normalized spacial score (nSPS) is 15.9. The van der Waals surface area contributed by atoms with Crippen molar-refractivity contribution in [2.75, 3.05) is 32.2 Å². The average molecular weight is 251 g/mol. The number of methoxy groups -OCH3 is 1. The van der Waals surface area contributed by atoms with Crippen molar-refractivity contribution in [3.8, 4) is 11.5 Å². The smallest absolute Gasteiger partial charge is 0.163 e. The number of hydrogen-bond acceptors (Lipinski definition) is 4. The van der Waals surface area contributed by atoms with Gasteiger partial charge >= 0.3 is 0 Å². The van der Waals surface area contributed by atoms with Crippen LogP contribution in [0.25, 0.3) is 0 Å². The summed E-state index contributed by atoms with van der Waals surface area (Å²) in [5.41, 5.74) is 1.04. The van der Waals surface area contributed by atoms with Crippen molar-refractivity contribution in [3.05, 3.63) is 18.2 Å². The minimum absolute atomic E-state index is 0.319. The summed E-state index contributed by atoms with van der Waals surface area (Å²) < 4.78 is 16.5. The summed E-state index contributed by atoms with van der Waals surface area (Å²) in [6.07, 6.45) is 1.95. The molecule has 1 N–H and O–H groups in total. The maximum atomic E-state index is 5.67. The van der Waals surface area contributed by atoms with Crippen LogP contribution in [0.3, 0.4) is 0 Å². The predicted molar refractivity (Wildman–Crippen MR) is 71.6 cm³/mol. The fraction of sp³-hybridized carbons (Fsp3) is 0.571. The molecule has 1 aliphatic rings. The summed E-state index contributed by atoms with van der Waals surface area (Å²) in [4.78, 5) is 0. The molecule has 0 aliphatic carbocycles. The molecule has 1 heterocycles. The molecule has 1 aromatic rings. The van der Waals surface area contributed by atoms with Gasteiger partial charge in [0, 0.05) is 31.3 Å².